The summed E-state index contributed by atoms with van der Waals surface area (Å²) < 4.78 is 45.6. The number of carbonyl (C=O) groups is 1. The van der Waals surface area contributed by atoms with Crippen LogP contribution >= 0.6 is 0 Å². The Kier molecular flexibility index (Phi) is 4.65. The van der Waals surface area contributed by atoms with Gasteiger partial charge < -0.3 is 4.74 Å². The van der Waals surface area contributed by atoms with Crippen LogP contribution < -0.4 is 4.90 Å². The Morgan fingerprint density at radius 2 is 1.39 bits per heavy atom. The average Bonchev–Trinajstić information content (AvgIpc) is 3.06. The molecule has 0 bridgehead atoms. The Morgan fingerprint density at radius 3 is 2.00 bits per heavy atom. The maximum absolute atomic E-state index is 13.2. The average molecular weight is 383 g/mol. The fraction of sp³-hybridized carbons (Fsp3) is 0.136. The molecule has 0 aliphatic carbocycles. The fourth-order valence-corrected chi connectivity index (χ4v) is 3.28. The summed E-state index contributed by atoms with van der Waals surface area (Å²) in [5, 5.41) is 0. The van der Waals surface area contributed by atoms with Crippen LogP contribution in [0.3, 0.4) is 0 Å². The summed E-state index contributed by atoms with van der Waals surface area (Å²) in [6.45, 7) is 0. The molecule has 2 unspecified atom stereocenters. The van der Waals surface area contributed by atoms with E-state index in [-0.39, 0.29) is 5.69 Å². The standard InChI is InChI=1S/C22H16F3NO2/c23-22(24,25)17-12-7-13-18(14-17)26-20(27)19(15-8-3-1-4-9-15)28-21(26)16-10-5-2-6-11-16/h1-14,19,21H. The number of hydrogen-bond acceptors (Lipinski definition) is 2. The van der Waals surface area contributed by atoms with E-state index in [2.05, 4.69) is 0 Å². The third kappa shape index (κ3) is 3.39. The lowest BCUT2D eigenvalue weighted by molar-refractivity contribution is -0.137. The molecule has 1 saturated heterocycles. The predicted octanol–water partition coefficient (Wildman–Crippen LogP) is 5.51. The molecule has 0 spiro atoms. The largest absolute Gasteiger partial charge is 0.416 e. The molecule has 142 valence electrons. The summed E-state index contributed by atoms with van der Waals surface area (Å²) >= 11 is 0. The van der Waals surface area contributed by atoms with E-state index in [1.165, 1.54) is 17.0 Å². The van der Waals surface area contributed by atoms with Crippen LogP contribution in [0.2, 0.25) is 0 Å². The predicted molar refractivity (Wildman–Crippen MR) is 98.4 cm³/mol. The lowest BCUT2D eigenvalue weighted by Crippen LogP contribution is -2.29. The van der Waals surface area contributed by atoms with Crippen LogP contribution in [0.1, 0.15) is 29.0 Å². The van der Waals surface area contributed by atoms with Gasteiger partial charge >= 0.3 is 6.18 Å². The van der Waals surface area contributed by atoms with Gasteiger partial charge in [0, 0.05) is 11.3 Å². The maximum atomic E-state index is 13.2. The summed E-state index contributed by atoms with van der Waals surface area (Å²) in [5.41, 5.74) is 0.675. The minimum atomic E-state index is -4.50. The van der Waals surface area contributed by atoms with Crippen LogP contribution in [-0.4, -0.2) is 5.91 Å². The number of rotatable bonds is 3. The van der Waals surface area contributed by atoms with Gasteiger partial charge in [-0.3, -0.25) is 9.69 Å². The first kappa shape index (κ1) is 18.3. The molecule has 0 saturated carbocycles. The van der Waals surface area contributed by atoms with E-state index in [1.807, 2.05) is 12.1 Å². The van der Waals surface area contributed by atoms with Crippen molar-refractivity contribution in [3.05, 3.63) is 102 Å². The van der Waals surface area contributed by atoms with E-state index in [0.717, 1.165) is 12.1 Å². The smallest absolute Gasteiger partial charge is 0.336 e. The lowest BCUT2D eigenvalue weighted by Gasteiger charge is -2.24. The number of alkyl halides is 3. The SMILES string of the molecule is O=C1C(c2ccccc2)OC(c2ccccc2)N1c1cccc(C(F)(F)F)c1. The van der Waals surface area contributed by atoms with Crippen LogP contribution in [0, 0.1) is 0 Å². The molecule has 3 aromatic rings. The lowest BCUT2D eigenvalue weighted by atomic mass is 10.1. The van der Waals surface area contributed by atoms with Gasteiger partial charge in [0.05, 0.1) is 5.56 Å². The van der Waals surface area contributed by atoms with Crippen molar-refractivity contribution in [3.63, 3.8) is 0 Å². The van der Waals surface area contributed by atoms with Gasteiger partial charge in [-0.1, -0.05) is 66.7 Å². The van der Waals surface area contributed by atoms with Crippen LogP contribution in [0.15, 0.2) is 84.9 Å². The fourth-order valence-electron chi connectivity index (χ4n) is 3.28. The quantitative estimate of drug-likeness (QED) is 0.597. The molecule has 0 N–H and O–H groups in total. The molecule has 1 fully saturated rings. The number of carbonyl (C=O) groups excluding carboxylic acids is 1. The number of halogens is 3. The molecule has 1 heterocycles. The zero-order chi connectivity index (χ0) is 19.7. The highest BCUT2D eigenvalue weighted by Gasteiger charge is 2.43. The minimum Gasteiger partial charge on any atom is -0.336 e. The van der Waals surface area contributed by atoms with E-state index in [9.17, 15) is 18.0 Å². The molecule has 0 radical (unpaired) electrons. The summed E-state index contributed by atoms with van der Waals surface area (Å²) in [4.78, 5) is 14.5. The number of nitrogens with zero attached hydrogens (tertiary/aromatic N) is 1. The van der Waals surface area contributed by atoms with Gasteiger partial charge in [-0.2, -0.15) is 13.2 Å². The highest BCUT2D eigenvalue weighted by Crippen LogP contribution is 2.42. The summed E-state index contributed by atoms with van der Waals surface area (Å²) in [6.07, 6.45) is -6.20. The van der Waals surface area contributed by atoms with Crippen molar-refractivity contribution in [3.8, 4) is 0 Å². The molecule has 1 amide bonds. The Labute approximate surface area is 160 Å². The van der Waals surface area contributed by atoms with Crippen molar-refractivity contribution >= 4 is 11.6 Å². The van der Waals surface area contributed by atoms with Crippen LogP contribution in [0.25, 0.3) is 0 Å². The van der Waals surface area contributed by atoms with Gasteiger partial charge in [0.25, 0.3) is 5.91 Å². The number of ether oxygens (including phenoxy) is 1. The first-order valence-corrected chi connectivity index (χ1v) is 8.71. The molecular formula is C22H16F3NO2. The molecule has 2 atom stereocenters. The van der Waals surface area contributed by atoms with Crippen molar-refractivity contribution in [2.75, 3.05) is 4.90 Å². The molecule has 1 aliphatic rings. The third-order valence-corrected chi connectivity index (χ3v) is 4.60. The third-order valence-electron chi connectivity index (χ3n) is 4.60. The number of anilines is 1. The van der Waals surface area contributed by atoms with E-state index in [1.54, 1.807) is 48.5 Å². The molecule has 28 heavy (non-hydrogen) atoms. The van der Waals surface area contributed by atoms with Gasteiger partial charge in [0.2, 0.25) is 0 Å². The van der Waals surface area contributed by atoms with E-state index in [4.69, 9.17) is 4.74 Å². The number of hydrogen-bond donors (Lipinski definition) is 0. The molecule has 6 heteroatoms. The van der Waals surface area contributed by atoms with Gasteiger partial charge in [-0.25, -0.2) is 0 Å². The topological polar surface area (TPSA) is 29.5 Å². The molecule has 3 nitrogen and oxygen atoms in total. The maximum Gasteiger partial charge on any atom is 0.416 e. The van der Waals surface area contributed by atoms with Crippen molar-refractivity contribution in [2.45, 2.75) is 18.5 Å². The highest BCUT2D eigenvalue weighted by atomic mass is 19.4. The zero-order valence-corrected chi connectivity index (χ0v) is 14.6. The second kappa shape index (κ2) is 7.13. The zero-order valence-electron chi connectivity index (χ0n) is 14.6. The van der Waals surface area contributed by atoms with Gasteiger partial charge in [0.1, 0.15) is 0 Å². The van der Waals surface area contributed by atoms with Crippen molar-refractivity contribution < 1.29 is 22.7 Å². The van der Waals surface area contributed by atoms with E-state index in [0.29, 0.717) is 11.1 Å². The molecule has 4 rings (SSSR count). The van der Waals surface area contributed by atoms with Gasteiger partial charge in [-0.15, -0.1) is 0 Å². The minimum absolute atomic E-state index is 0.145. The number of benzene rings is 3. The summed E-state index contributed by atoms with van der Waals surface area (Å²) in [6, 6.07) is 22.6. The molecular weight excluding hydrogens is 367 g/mol. The Morgan fingerprint density at radius 1 is 0.786 bits per heavy atom. The molecule has 0 aromatic heterocycles. The Bertz CT molecular complexity index is 974. The van der Waals surface area contributed by atoms with Crippen molar-refractivity contribution in [1.29, 1.82) is 0 Å². The van der Waals surface area contributed by atoms with E-state index < -0.39 is 30.0 Å². The number of amides is 1. The van der Waals surface area contributed by atoms with Crippen molar-refractivity contribution in [2.24, 2.45) is 0 Å². The molecule has 3 aromatic carbocycles. The summed E-state index contributed by atoms with van der Waals surface area (Å²) in [5.74, 6) is -0.403. The van der Waals surface area contributed by atoms with Gasteiger partial charge in [0.15, 0.2) is 12.3 Å². The Balaban J connectivity index is 1.79. The summed E-state index contributed by atoms with van der Waals surface area (Å²) in [7, 11) is 0. The normalized spacial score (nSPS) is 19.8. The second-order valence-electron chi connectivity index (χ2n) is 6.45. The van der Waals surface area contributed by atoms with Crippen molar-refractivity contribution in [1.82, 2.24) is 0 Å². The Hall–Kier alpha value is -3.12. The first-order valence-electron chi connectivity index (χ1n) is 8.71. The second-order valence-corrected chi connectivity index (χ2v) is 6.45. The van der Waals surface area contributed by atoms with Crippen LogP contribution in [0.4, 0.5) is 18.9 Å². The van der Waals surface area contributed by atoms with Crippen LogP contribution in [-0.2, 0) is 15.7 Å². The van der Waals surface area contributed by atoms with Gasteiger partial charge in [-0.05, 0) is 23.8 Å². The van der Waals surface area contributed by atoms with Crippen LogP contribution in [0.5, 0.6) is 0 Å². The monoisotopic (exact) mass is 383 g/mol. The highest BCUT2D eigenvalue weighted by molar-refractivity contribution is 5.99. The molecule has 1 aliphatic heterocycles. The first-order chi connectivity index (χ1) is 13.4. The van der Waals surface area contributed by atoms with E-state index >= 15 is 0 Å².